The Morgan fingerprint density at radius 2 is 2.05 bits per heavy atom. The van der Waals surface area contributed by atoms with Crippen LogP contribution >= 0.6 is 0 Å². The van der Waals surface area contributed by atoms with Gasteiger partial charge in [0.15, 0.2) is 5.65 Å². The number of imidazole rings is 1. The Hall–Kier alpha value is -2.69. The molecule has 0 aliphatic heterocycles. The number of pyridine rings is 1. The van der Waals surface area contributed by atoms with Crippen LogP contribution in [0.4, 0.5) is 4.39 Å². The predicted molar refractivity (Wildman–Crippen MR) is 71.4 cm³/mol. The molecular formula is C15H11FN2O2. The summed E-state index contributed by atoms with van der Waals surface area (Å²) in [6.45, 7) is 0. The van der Waals surface area contributed by atoms with Crippen LogP contribution in [0.25, 0.3) is 5.65 Å². The van der Waals surface area contributed by atoms with Gasteiger partial charge in [0.05, 0.1) is 5.69 Å². The Morgan fingerprint density at radius 3 is 2.80 bits per heavy atom. The number of aromatic carboxylic acids is 1. The summed E-state index contributed by atoms with van der Waals surface area (Å²) in [6, 6.07) is 9.62. The van der Waals surface area contributed by atoms with E-state index in [0.717, 1.165) is 0 Å². The van der Waals surface area contributed by atoms with Gasteiger partial charge in [-0.05, 0) is 23.8 Å². The molecule has 4 nitrogen and oxygen atoms in total. The highest BCUT2D eigenvalue weighted by Gasteiger charge is 2.12. The zero-order valence-corrected chi connectivity index (χ0v) is 10.5. The van der Waals surface area contributed by atoms with E-state index in [0.29, 0.717) is 23.3 Å². The van der Waals surface area contributed by atoms with Gasteiger partial charge in [-0.2, -0.15) is 0 Å². The van der Waals surface area contributed by atoms with Crippen molar-refractivity contribution < 1.29 is 14.3 Å². The fourth-order valence-corrected chi connectivity index (χ4v) is 2.15. The van der Waals surface area contributed by atoms with E-state index < -0.39 is 5.97 Å². The monoisotopic (exact) mass is 270 g/mol. The second kappa shape index (κ2) is 4.77. The van der Waals surface area contributed by atoms with E-state index in [9.17, 15) is 9.18 Å². The number of carboxylic acids is 1. The standard InChI is InChI=1S/C15H11FN2O2/c16-13-6-2-1-4-10(13)8-11-9-18-7-3-5-12(15(19)20)14(18)17-11/h1-7,9H,8H2,(H,19,20). The van der Waals surface area contributed by atoms with Gasteiger partial charge in [-0.1, -0.05) is 18.2 Å². The summed E-state index contributed by atoms with van der Waals surface area (Å²) in [4.78, 5) is 15.4. The molecule has 0 amide bonds. The first kappa shape index (κ1) is 12.3. The molecule has 3 rings (SSSR count). The number of aromatic nitrogens is 2. The molecule has 2 heterocycles. The van der Waals surface area contributed by atoms with Crippen molar-refractivity contribution in [1.29, 1.82) is 0 Å². The van der Waals surface area contributed by atoms with Crippen molar-refractivity contribution in [2.75, 3.05) is 0 Å². The number of hydrogen-bond donors (Lipinski definition) is 1. The summed E-state index contributed by atoms with van der Waals surface area (Å²) >= 11 is 0. The maximum Gasteiger partial charge on any atom is 0.339 e. The molecule has 0 fully saturated rings. The molecule has 1 aromatic carbocycles. The highest BCUT2D eigenvalue weighted by Crippen LogP contribution is 2.16. The zero-order valence-electron chi connectivity index (χ0n) is 10.5. The molecule has 3 aromatic rings. The van der Waals surface area contributed by atoms with E-state index in [4.69, 9.17) is 5.11 Å². The third-order valence-electron chi connectivity index (χ3n) is 3.09. The van der Waals surface area contributed by atoms with Crippen LogP contribution in [-0.2, 0) is 6.42 Å². The third kappa shape index (κ3) is 2.14. The van der Waals surface area contributed by atoms with Crippen LogP contribution in [-0.4, -0.2) is 20.5 Å². The summed E-state index contributed by atoms with van der Waals surface area (Å²) in [7, 11) is 0. The Balaban J connectivity index is 2.04. The molecule has 2 aromatic heterocycles. The molecule has 0 saturated heterocycles. The van der Waals surface area contributed by atoms with Crippen LogP contribution in [0.3, 0.4) is 0 Å². The lowest BCUT2D eigenvalue weighted by Crippen LogP contribution is -1.99. The third-order valence-corrected chi connectivity index (χ3v) is 3.09. The molecule has 20 heavy (non-hydrogen) atoms. The van der Waals surface area contributed by atoms with Gasteiger partial charge in [0.1, 0.15) is 11.4 Å². The number of nitrogens with zero attached hydrogens (tertiary/aromatic N) is 2. The average Bonchev–Trinajstić information content (AvgIpc) is 2.83. The highest BCUT2D eigenvalue weighted by molar-refractivity contribution is 5.94. The van der Waals surface area contributed by atoms with E-state index in [1.165, 1.54) is 12.1 Å². The normalized spacial score (nSPS) is 10.8. The molecule has 0 saturated carbocycles. The highest BCUT2D eigenvalue weighted by atomic mass is 19.1. The maximum atomic E-state index is 13.6. The Kier molecular flexibility index (Phi) is 2.95. The summed E-state index contributed by atoms with van der Waals surface area (Å²) in [5.41, 5.74) is 1.66. The molecule has 100 valence electrons. The number of carboxylic acid groups (broad SMARTS) is 1. The van der Waals surface area contributed by atoms with E-state index in [1.54, 1.807) is 41.1 Å². The Morgan fingerprint density at radius 1 is 1.25 bits per heavy atom. The first-order valence-electron chi connectivity index (χ1n) is 6.08. The average molecular weight is 270 g/mol. The minimum Gasteiger partial charge on any atom is -0.478 e. The quantitative estimate of drug-likeness (QED) is 0.796. The van der Waals surface area contributed by atoms with Crippen LogP contribution in [0.5, 0.6) is 0 Å². The second-order valence-corrected chi connectivity index (χ2v) is 4.46. The van der Waals surface area contributed by atoms with Gasteiger partial charge in [0.2, 0.25) is 0 Å². The first-order valence-corrected chi connectivity index (χ1v) is 6.08. The van der Waals surface area contributed by atoms with Crippen LogP contribution < -0.4 is 0 Å². The van der Waals surface area contributed by atoms with Crippen molar-refractivity contribution in [3.8, 4) is 0 Å². The van der Waals surface area contributed by atoms with Crippen molar-refractivity contribution in [2.24, 2.45) is 0 Å². The molecule has 5 heteroatoms. The number of fused-ring (bicyclic) bond motifs is 1. The van der Waals surface area contributed by atoms with E-state index >= 15 is 0 Å². The molecular weight excluding hydrogens is 259 g/mol. The van der Waals surface area contributed by atoms with Crippen molar-refractivity contribution in [1.82, 2.24) is 9.38 Å². The first-order chi connectivity index (χ1) is 9.65. The maximum absolute atomic E-state index is 13.6. The lowest BCUT2D eigenvalue weighted by Gasteiger charge is -1.98. The van der Waals surface area contributed by atoms with E-state index in [-0.39, 0.29) is 11.4 Å². The minimum atomic E-state index is -1.03. The van der Waals surface area contributed by atoms with Gasteiger partial charge in [-0.15, -0.1) is 0 Å². The van der Waals surface area contributed by atoms with Gasteiger partial charge >= 0.3 is 5.97 Å². The lowest BCUT2D eigenvalue weighted by atomic mass is 10.1. The fourth-order valence-electron chi connectivity index (χ4n) is 2.15. The van der Waals surface area contributed by atoms with Crippen molar-refractivity contribution in [3.63, 3.8) is 0 Å². The SMILES string of the molecule is O=C(O)c1cccn2cc(Cc3ccccc3F)nc12. The fraction of sp³-hybridized carbons (Fsp3) is 0.0667. The Bertz CT molecular complexity index is 795. The lowest BCUT2D eigenvalue weighted by molar-refractivity contribution is 0.0698. The molecule has 0 spiro atoms. The van der Waals surface area contributed by atoms with Gasteiger partial charge in [0, 0.05) is 18.8 Å². The van der Waals surface area contributed by atoms with Crippen molar-refractivity contribution >= 4 is 11.6 Å². The Labute approximate surface area is 114 Å². The smallest absolute Gasteiger partial charge is 0.339 e. The molecule has 0 unspecified atom stereocenters. The summed E-state index contributed by atoms with van der Waals surface area (Å²) in [5.74, 6) is -1.32. The topological polar surface area (TPSA) is 54.6 Å². The van der Waals surface area contributed by atoms with Crippen molar-refractivity contribution in [3.05, 3.63) is 71.4 Å². The van der Waals surface area contributed by atoms with Gasteiger partial charge < -0.3 is 9.51 Å². The van der Waals surface area contributed by atoms with Gasteiger partial charge in [-0.25, -0.2) is 14.2 Å². The summed E-state index contributed by atoms with van der Waals surface area (Å²) in [6.07, 6.45) is 3.77. The molecule has 0 aliphatic rings. The molecule has 0 atom stereocenters. The van der Waals surface area contributed by atoms with E-state index in [2.05, 4.69) is 4.98 Å². The second-order valence-electron chi connectivity index (χ2n) is 4.46. The van der Waals surface area contributed by atoms with Crippen LogP contribution in [0, 0.1) is 5.82 Å². The molecule has 0 bridgehead atoms. The van der Waals surface area contributed by atoms with Gasteiger partial charge in [0.25, 0.3) is 0 Å². The number of halogens is 1. The number of carbonyl (C=O) groups is 1. The summed E-state index contributed by atoms with van der Waals surface area (Å²) in [5, 5.41) is 9.11. The molecule has 0 radical (unpaired) electrons. The zero-order chi connectivity index (χ0) is 14.1. The van der Waals surface area contributed by atoms with Crippen LogP contribution in [0.2, 0.25) is 0 Å². The van der Waals surface area contributed by atoms with Crippen LogP contribution in [0.15, 0.2) is 48.8 Å². The van der Waals surface area contributed by atoms with E-state index in [1.807, 2.05) is 0 Å². The largest absolute Gasteiger partial charge is 0.478 e. The molecule has 0 aliphatic carbocycles. The van der Waals surface area contributed by atoms with Crippen molar-refractivity contribution in [2.45, 2.75) is 6.42 Å². The molecule has 1 N–H and O–H groups in total. The number of rotatable bonds is 3. The summed E-state index contributed by atoms with van der Waals surface area (Å²) < 4.78 is 15.2. The van der Waals surface area contributed by atoms with Gasteiger partial charge in [-0.3, -0.25) is 0 Å². The number of hydrogen-bond acceptors (Lipinski definition) is 2. The number of benzene rings is 1. The predicted octanol–water partition coefficient (Wildman–Crippen LogP) is 2.76. The van der Waals surface area contributed by atoms with Crippen LogP contribution in [0.1, 0.15) is 21.6 Å². The minimum absolute atomic E-state index is 0.132.